The molecule has 0 aliphatic heterocycles. The Morgan fingerprint density at radius 3 is 1.36 bits per heavy atom. The standard InChI is InChI=1S/C24H28N6OS.C20H22N6S.C12H19N3S.C8H6BrN3O.C4H6O.C2H6O/c1-5-29(6-2)20-11-12-21(16(3)13-20)25-24-26-23(15-32-24)18-7-9-19(10-8-18)30-14-22(17(4)31)27-28-30;1-4-26(5-2)17-10-11-18(14(3)12-17)22-20-23-19(13-27-20)15-6-8-16(9-7-15)24-25-21;1-4-15(5-2)10-6-7-11(9(3)8-10)14-12(13)16;9-5-8(13)6-1-3-7(4-2-6)11-12-10;1-3-4(2)5;1-2-3/h7-15,17,31H,5-6H2,1-4H3,(H,25,26);6-13H,4-5H2,1-3H3,(H,22,23);6-8H,4-5H2,1-3H3,(H3,13,14,16);1-4H,5H2;1,4-5H,2H3;3H,2H2,1H3. The van der Waals surface area contributed by atoms with Crippen LogP contribution in [0.15, 0.2) is 155 Å². The van der Waals surface area contributed by atoms with Gasteiger partial charge in [-0.3, -0.25) is 4.79 Å². The fraction of sp³-hybridized carbons (Fsp3) is 0.314. The van der Waals surface area contributed by atoms with Gasteiger partial charge in [0.05, 0.1) is 34.7 Å². The second-order valence-electron chi connectivity index (χ2n) is 20.8. The maximum Gasteiger partial charge on any atom is 0.187 e. The Balaban J connectivity index is 0.000000275. The van der Waals surface area contributed by atoms with Gasteiger partial charge in [-0.15, -0.1) is 34.2 Å². The first-order chi connectivity index (χ1) is 46.2. The average molecular weight is 1420 g/mol. The van der Waals surface area contributed by atoms with Crippen molar-refractivity contribution in [3.8, 4) is 40.5 Å². The molecule has 0 aliphatic carbocycles. The number of aryl methyl sites for hydroxylation is 3. The van der Waals surface area contributed by atoms with Gasteiger partial charge in [0, 0.05) is 129 Å². The zero-order valence-corrected chi connectivity index (χ0v) is 60.5. The number of terminal acetylenes is 1. The van der Waals surface area contributed by atoms with E-state index < -0.39 is 12.2 Å². The van der Waals surface area contributed by atoms with E-state index in [1.165, 1.54) is 28.2 Å². The van der Waals surface area contributed by atoms with E-state index in [4.69, 9.17) is 44.2 Å². The molecule has 3 aromatic heterocycles. The van der Waals surface area contributed by atoms with E-state index in [0.29, 0.717) is 33.1 Å². The minimum absolute atomic E-state index is 0.00693. The number of hydrogen-bond acceptors (Lipinski definition) is 18. The number of ketones is 1. The zero-order chi connectivity index (χ0) is 70.7. The van der Waals surface area contributed by atoms with E-state index in [1.807, 2.05) is 54.8 Å². The number of thiazole rings is 2. The van der Waals surface area contributed by atoms with E-state index in [9.17, 15) is 9.90 Å². The summed E-state index contributed by atoms with van der Waals surface area (Å²) < 4.78 is 1.66. The van der Waals surface area contributed by atoms with Gasteiger partial charge in [-0.2, -0.15) is 0 Å². The lowest BCUT2D eigenvalue weighted by molar-refractivity contribution is 0.102. The number of nitrogens with two attached hydrogens (primary N) is 1. The lowest BCUT2D eigenvalue weighted by atomic mass is 10.1. The molecule has 0 radical (unpaired) electrons. The molecular weight excluding hydrogens is 1330 g/mol. The van der Waals surface area contributed by atoms with Gasteiger partial charge in [-0.05, 0) is 190 Å². The number of aliphatic hydroxyl groups excluding tert-OH is 3. The van der Waals surface area contributed by atoms with Crippen molar-refractivity contribution in [2.45, 2.75) is 95.3 Å². The van der Waals surface area contributed by atoms with Crippen LogP contribution in [0.2, 0.25) is 0 Å². The van der Waals surface area contributed by atoms with Gasteiger partial charge in [0.25, 0.3) is 0 Å². The number of hydrogen-bond donors (Lipinski definition) is 7. The van der Waals surface area contributed by atoms with Gasteiger partial charge in [0.15, 0.2) is 21.2 Å². The summed E-state index contributed by atoms with van der Waals surface area (Å²) in [5, 5.41) is 56.6. The number of rotatable bonds is 22. The normalized spacial score (nSPS) is 10.7. The highest BCUT2D eigenvalue weighted by atomic mass is 79.9. The van der Waals surface area contributed by atoms with Crippen LogP contribution in [0.1, 0.15) is 101 Å². The Kier molecular flexibility index (Phi) is 34.7. The van der Waals surface area contributed by atoms with Crippen LogP contribution in [-0.2, 0) is 0 Å². The third-order valence-corrected chi connectivity index (χ3v) is 16.3. The fourth-order valence-corrected chi connectivity index (χ4v) is 10.9. The number of thiocarbonyl (C=S) groups is 1. The van der Waals surface area contributed by atoms with Crippen molar-refractivity contribution in [1.29, 1.82) is 0 Å². The Morgan fingerprint density at radius 2 is 1.04 bits per heavy atom. The third kappa shape index (κ3) is 25.4. The van der Waals surface area contributed by atoms with Crippen molar-refractivity contribution < 1.29 is 20.1 Å². The number of carbonyl (C=O) groups is 1. The molecule has 22 nitrogen and oxygen atoms in total. The second kappa shape index (κ2) is 42.1. The van der Waals surface area contributed by atoms with E-state index in [2.05, 4.69) is 204 Å². The summed E-state index contributed by atoms with van der Waals surface area (Å²) in [7, 11) is 0. The first-order valence-corrected chi connectivity index (χ1v) is 34.4. The van der Waals surface area contributed by atoms with E-state index in [-0.39, 0.29) is 12.4 Å². The van der Waals surface area contributed by atoms with E-state index in [0.717, 1.165) is 100 Å². The number of halogens is 1. The highest BCUT2D eigenvalue weighted by Gasteiger charge is 2.13. The van der Waals surface area contributed by atoms with Gasteiger partial charge in [0.2, 0.25) is 0 Å². The molecule has 2 atom stereocenters. The van der Waals surface area contributed by atoms with Crippen molar-refractivity contribution in [3.05, 3.63) is 193 Å². The predicted molar refractivity (Wildman–Crippen MR) is 407 cm³/mol. The number of alkyl halides is 1. The van der Waals surface area contributed by atoms with Crippen LogP contribution in [-0.4, -0.2) is 108 Å². The molecule has 2 unspecified atom stereocenters. The van der Waals surface area contributed by atoms with Crippen LogP contribution in [0.4, 0.5) is 55.8 Å². The molecule has 26 heteroatoms. The molecule has 0 spiro atoms. The Morgan fingerprint density at radius 1 is 0.667 bits per heavy atom. The number of aromatic nitrogens is 5. The van der Waals surface area contributed by atoms with Gasteiger partial charge >= 0.3 is 0 Å². The molecule has 9 rings (SSSR count). The number of anilines is 8. The van der Waals surface area contributed by atoms with Gasteiger partial charge in [-0.25, -0.2) is 14.6 Å². The number of Topliss-reactive ketones (excluding diaryl/α,β-unsaturated/α-hetero) is 1. The molecular formula is C70H87BrN18O4S3. The molecule has 8 N–H and O–H groups in total. The number of nitrogens with zero attached hydrogens (tertiary/aromatic N) is 14. The molecule has 9 aromatic rings. The molecule has 3 heterocycles. The minimum Gasteiger partial charge on any atom is -0.397 e. The topological polar surface area (TPSA) is 304 Å². The highest BCUT2D eigenvalue weighted by molar-refractivity contribution is 9.09. The first-order valence-electron chi connectivity index (χ1n) is 31.1. The summed E-state index contributed by atoms with van der Waals surface area (Å²) in [5.41, 5.74) is 39.4. The zero-order valence-electron chi connectivity index (χ0n) is 56.4. The number of aliphatic hydroxyl groups is 3. The maximum atomic E-state index is 11.1. The van der Waals surface area contributed by atoms with Crippen LogP contribution in [0.5, 0.6) is 0 Å². The monoisotopic (exact) mass is 1420 g/mol. The van der Waals surface area contributed by atoms with Crippen LogP contribution >= 0.6 is 50.8 Å². The molecule has 0 saturated carbocycles. The van der Waals surface area contributed by atoms with Crippen LogP contribution < -0.4 is 36.4 Å². The summed E-state index contributed by atoms with van der Waals surface area (Å²) in [5.74, 6) is 2.09. The number of azide groups is 2. The summed E-state index contributed by atoms with van der Waals surface area (Å²) >= 11 is 11.0. The van der Waals surface area contributed by atoms with Crippen molar-refractivity contribution in [2.24, 2.45) is 16.0 Å². The van der Waals surface area contributed by atoms with Crippen LogP contribution in [0, 0.1) is 33.1 Å². The molecule has 96 heavy (non-hydrogen) atoms. The highest BCUT2D eigenvalue weighted by Crippen LogP contribution is 2.33. The van der Waals surface area contributed by atoms with Crippen LogP contribution in [0.25, 0.3) is 49.1 Å². The second-order valence-corrected chi connectivity index (χ2v) is 23.5. The van der Waals surface area contributed by atoms with E-state index >= 15 is 0 Å². The first kappa shape index (κ1) is 79.1. The number of benzene rings is 6. The van der Waals surface area contributed by atoms with Crippen molar-refractivity contribution >= 4 is 117 Å². The molecule has 0 amide bonds. The quantitative estimate of drug-likeness (QED) is 0.00631. The van der Waals surface area contributed by atoms with Crippen molar-refractivity contribution in [2.75, 3.05) is 81.9 Å². The van der Waals surface area contributed by atoms with Crippen molar-refractivity contribution in [1.82, 2.24) is 25.0 Å². The van der Waals surface area contributed by atoms with Gasteiger partial charge in [0.1, 0.15) is 11.8 Å². The average Bonchev–Trinajstić information content (AvgIpc) is 1.70. The largest absolute Gasteiger partial charge is 0.397 e. The molecule has 0 aliphatic rings. The van der Waals surface area contributed by atoms with Gasteiger partial charge in [-0.1, -0.05) is 98.0 Å². The number of carbonyl (C=O) groups excluding carboxylic acids is 1. The summed E-state index contributed by atoms with van der Waals surface area (Å²) in [6.45, 7) is 30.4. The Hall–Kier alpha value is -9.38. The summed E-state index contributed by atoms with van der Waals surface area (Å²) in [4.78, 5) is 33.0. The molecule has 0 fully saturated rings. The van der Waals surface area contributed by atoms with Gasteiger partial charge < -0.3 is 51.7 Å². The molecule has 6 aromatic carbocycles. The summed E-state index contributed by atoms with van der Waals surface area (Å²) in [6, 6.07) is 41.1. The Labute approximate surface area is 585 Å². The Bertz CT molecular complexity index is 3980. The van der Waals surface area contributed by atoms with Crippen molar-refractivity contribution in [3.63, 3.8) is 0 Å². The van der Waals surface area contributed by atoms with Crippen LogP contribution in [0.3, 0.4) is 0 Å². The van der Waals surface area contributed by atoms with E-state index in [1.54, 1.807) is 90.7 Å². The SMILES string of the molecule is C#CC(C)O.CCN(CC)c1ccc(NC(N)=S)c(C)c1.CCN(CC)c1ccc(Nc2nc(-c3ccc(-n4cc(C(C)O)nn4)cc3)cs2)c(C)c1.CCN(CC)c1ccc(Nc2nc(-c3ccc(N=[N+]=[N-])cc3)cs2)c(C)c1.CCO.[N-]=[N+]=Nc1ccc(C(=O)CBr)cc1. The lowest BCUT2D eigenvalue weighted by Gasteiger charge is -2.22. The lowest BCUT2D eigenvalue weighted by Crippen LogP contribution is -2.22. The molecule has 0 bridgehead atoms. The third-order valence-electron chi connectivity index (χ3n) is 14.2. The smallest absolute Gasteiger partial charge is 0.187 e. The predicted octanol–water partition coefficient (Wildman–Crippen LogP) is 17.7. The molecule has 0 saturated heterocycles. The summed E-state index contributed by atoms with van der Waals surface area (Å²) in [6.07, 6.45) is 5.18. The minimum atomic E-state index is -0.638. The maximum absolute atomic E-state index is 11.1. The fourth-order valence-electron chi connectivity index (χ4n) is 8.98. The molecule has 506 valence electrons. The number of nitrogens with one attached hydrogen (secondary N) is 3.